The van der Waals surface area contributed by atoms with E-state index >= 15 is 0 Å². The first-order chi connectivity index (χ1) is 6.28. The standard InChI is InChI=1S/C9H16N2OS/c1-12-8-4-7(5-8)11-9(13)10-6-2-3-6/h6-8H,2-5H2,1H3,(H2,10,11,13). The molecule has 0 radical (unpaired) electrons. The van der Waals surface area contributed by atoms with Crippen molar-refractivity contribution in [3.63, 3.8) is 0 Å². The maximum atomic E-state index is 5.19. The second-order valence-electron chi connectivity index (χ2n) is 3.92. The Balaban J connectivity index is 1.59. The molecule has 0 aliphatic heterocycles. The number of thiocarbonyl (C=S) groups is 1. The summed E-state index contributed by atoms with van der Waals surface area (Å²) in [6.07, 6.45) is 5.16. The van der Waals surface area contributed by atoms with Gasteiger partial charge in [0.25, 0.3) is 0 Å². The molecule has 0 saturated heterocycles. The van der Waals surface area contributed by atoms with E-state index in [-0.39, 0.29) is 0 Å². The molecule has 0 amide bonds. The molecule has 2 N–H and O–H groups in total. The summed E-state index contributed by atoms with van der Waals surface area (Å²) in [7, 11) is 1.77. The van der Waals surface area contributed by atoms with E-state index < -0.39 is 0 Å². The lowest BCUT2D eigenvalue weighted by Crippen LogP contribution is -2.50. The van der Waals surface area contributed by atoms with Crippen LogP contribution < -0.4 is 10.6 Å². The van der Waals surface area contributed by atoms with Crippen molar-refractivity contribution >= 4 is 17.3 Å². The monoisotopic (exact) mass is 200 g/mol. The van der Waals surface area contributed by atoms with Gasteiger partial charge in [-0.2, -0.15) is 0 Å². The molecule has 0 atom stereocenters. The molecule has 74 valence electrons. The summed E-state index contributed by atoms with van der Waals surface area (Å²) in [6, 6.07) is 1.18. The normalized spacial score (nSPS) is 32.1. The van der Waals surface area contributed by atoms with Crippen molar-refractivity contribution in [2.45, 2.75) is 43.9 Å². The molecule has 2 saturated carbocycles. The predicted molar refractivity (Wildman–Crippen MR) is 55.7 cm³/mol. The fraction of sp³-hybridized carbons (Fsp3) is 0.889. The number of hydrogen-bond donors (Lipinski definition) is 2. The molecule has 0 heterocycles. The molecule has 2 fully saturated rings. The van der Waals surface area contributed by atoms with E-state index in [9.17, 15) is 0 Å². The van der Waals surface area contributed by atoms with Crippen LogP contribution in [-0.2, 0) is 4.74 Å². The average molecular weight is 200 g/mol. The Hall–Kier alpha value is -0.350. The number of rotatable bonds is 3. The third kappa shape index (κ3) is 2.54. The van der Waals surface area contributed by atoms with Crippen LogP contribution in [0.2, 0.25) is 0 Å². The van der Waals surface area contributed by atoms with Gasteiger partial charge in [0.1, 0.15) is 0 Å². The van der Waals surface area contributed by atoms with Crippen LogP contribution in [0, 0.1) is 0 Å². The molecule has 0 spiro atoms. The number of ether oxygens (including phenoxy) is 1. The zero-order valence-electron chi connectivity index (χ0n) is 7.88. The van der Waals surface area contributed by atoms with Gasteiger partial charge >= 0.3 is 0 Å². The van der Waals surface area contributed by atoms with E-state index in [1.807, 2.05) is 0 Å². The highest BCUT2D eigenvalue weighted by molar-refractivity contribution is 7.80. The van der Waals surface area contributed by atoms with Gasteiger partial charge in [-0.05, 0) is 37.9 Å². The summed E-state index contributed by atoms with van der Waals surface area (Å²) >= 11 is 5.16. The lowest BCUT2D eigenvalue weighted by atomic mass is 9.89. The second-order valence-corrected chi connectivity index (χ2v) is 4.33. The molecular formula is C9H16N2OS. The quantitative estimate of drug-likeness (QED) is 0.660. The highest BCUT2D eigenvalue weighted by atomic mass is 32.1. The zero-order valence-corrected chi connectivity index (χ0v) is 8.69. The van der Waals surface area contributed by atoms with Gasteiger partial charge in [0.05, 0.1) is 6.10 Å². The van der Waals surface area contributed by atoms with Crippen LogP contribution in [0.1, 0.15) is 25.7 Å². The maximum Gasteiger partial charge on any atom is 0.166 e. The van der Waals surface area contributed by atoms with Crippen molar-refractivity contribution in [3.05, 3.63) is 0 Å². The van der Waals surface area contributed by atoms with Crippen molar-refractivity contribution in [2.24, 2.45) is 0 Å². The van der Waals surface area contributed by atoms with Crippen molar-refractivity contribution in [3.8, 4) is 0 Å². The fourth-order valence-electron chi connectivity index (χ4n) is 1.52. The van der Waals surface area contributed by atoms with Gasteiger partial charge in [-0.3, -0.25) is 0 Å². The SMILES string of the molecule is COC1CC(NC(=S)NC2CC2)C1. The lowest BCUT2D eigenvalue weighted by Gasteiger charge is -2.35. The molecule has 0 bridgehead atoms. The highest BCUT2D eigenvalue weighted by Crippen LogP contribution is 2.23. The van der Waals surface area contributed by atoms with Gasteiger partial charge in [-0.15, -0.1) is 0 Å². The summed E-state index contributed by atoms with van der Waals surface area (Å²) in [5.74, 6) is 0. The largest absolute Gasteiger partial charge is 0.381 e. The fourth-order valence-corrected chi connectivity index (χ4v) is 1.85. The molecule has 13 heavy (non-hydrogen) atoms. The molecule has 3 nitrogen and oxygen atoms in total. The molecule has 0 aromatic heterocycles. The van der Waals surface area contributed by atoms with Crippen molar-refractivity contribution in [1.29, 1.82) is 0 Å². The minimum Gasteiger partial charge on any atom is -0.381 e. The third-order valence-electron chi connectivity index (χ3n) is 2.68. The number of hydrogen-bond acceptors (Lipinski definition) is 2. The molecule has 4 heteroatoms. The first-order valence-corrected chi connectivity index (χ1v) is 5.28. The van der Waals surface area contributed by atoms with E-state index in [1.54, 1.807) is 7.11 Å². The van der Waals surface area contributed by atoms with Crippen molar-refractivity contribution in [2.75, 3.05) is 7.11 Å². The number of methoxy groups -OCH3 is 1. The Bertz CT molecular complexity index is 200. The smallest absolute Gasteiger partial charge is 0.166 e. The Morgan fingerprint density at radius 3 is 2.38 bits per heavy atom. The van der Waals surface area contributed by atoms with Crippen molar-refractivity contribution in [1.82, 2.24) is 10.6 Å². The first-order valence-electron chi connectivity index (χ1n) is 4.87. The summed E-state index contributed by atoms with van der Waals surface area (Å²) in [5.41, 5.74) is 0. The summed E-state index contributed by atoms with van der Waals surface area (Å²) in [4.78, 5) is 0. The number of nitrogens with one attached hydrogen (secondary N) is 2. The van der Waals surface area contributed by atoms with Crippen LogP contribution in [0.25, 0.3) is 0 Å². The summed E-state index contributed by atoms with van der Waals surface area (Å²) in [6.45, 7) is 0. The lowest BCUT2D eigenvalue weighted by molar-refractivity contribution is 0.0226. The molecule has 2 rings (SSSR count). The minimum atomic E-state index is 0.446. The van der Waals surface area contributed by atoms with Gasteiger partial charge in [-0.25, -0.2) is 0 Å². The zero-order chi connectivity index (χ0) is 9.26. The van der Waals surface area contributed by atoms with Gasteiger partial charge < -0.3 is 15.4 Å². The van der Waals surface area contributed by atoms with Crippen LogP contribution in [0.5, 0.6) is 0 Å². The molecule has 0 aromatic rings. The third-order valence-corrected chi connectivity index (χ3v) is 2.91. The van der Waals surface area contributed by atoms with E-state index in [2.05, 4.69) is 10.6 Å². The summed E-state index contributed by atoms with van der Waals surface area (Å²) < 4.78 is 5.19. The predicted octanol–water partition coefficient (Wildman–Crippen LogP) is 0.790. The Morgan fingerprint density at radius 1 is 1.23 bits per heavy atom. The molecular weight excluding hydrogens is 184 g/mol. The Labute approximate surface area is 84.2 Å². The highest BCUT2D eigenvalue weighted by Gasteiger charge is 2.30. The van der Waals surface area contributed by atoms with Crippen LogP contribution in [0.4, 0.5) is 0 Å². The van der Waals surface area contributed by atoms with Crippen LogP contribution in [0.3, 0.4) is 0 Å². The minimum absolute atomic E-state index is 0.446. The van der Waals surface area contributed by atoms with E-state index in [1.165, 1.54) is 12.8 Å². The van der Waals surface area contributed by atoms with Gasteiger partial charge in [0, 0.05) is 19.2 Å². The van der Waals surface area contributed by atoms with E-state index in [4.69, 9.17) is 17.0 Å². The Kier molecular flexibility index (Phi) is 2.69. The molecule has 0 unspecified atom stereocenters. The van der Waals surface area contributed by atoms with Crippen LogP contribution >= 0.6 is 12.2 Å². The molecule has 2 aliphatic rings. The van der Waals surface area contributed by atoms with E-state index in [0.717, 1.165) is 18.0 Å². The van der Waals surface area contributed by atoms with Crippen LogP contribution in [0.15, 0.2) is 0 Å². The van der Waals surface area contributed by atoms with Gasteiger partial charge in [0.2, 0.25) is 0 Å². The first kappa shape index (κ1) is 9.21. The molecule has 2 aliphatic carbocycles. The van der Waals surface area contributed by atoms with Gasteiger partial charge in [-0.1, -0.05) is 0 Å². The average Bonchev–Trinajstić information content (AvgIpc) is 2.79. The van der Waals surface area contributed by atoms with Crippen molar-refractivity contribution < 1.29 is 4.74 Å². The van der Waals surface area contributed by atoms with Crippen LogP contribution in [-0.4, -0.2) is 30.4 Å². The second kappa shape index (κ2) is 3.80. The molecule has 0 aromatic carbocycles. The summed E-state index contributed by atoms with van der Waals surface area (Å²) in [5, 5.41) is 7.38. The topological polar surface area (TPSA) is 33.3 Å². The Morgan fingerprint density at radius 2 is 1.85 bits per heavy atom. The maximum absolute atomic E-state index is 5.19. The van der Waals surface area contributed by atoms with E-state index in [0.29, 0.717) is 18.2 Å². The van der Waals surface area contributed by atoms with Gasteiger partial charge in [0.15, 0.2) is 5.11 Å².